The van der Waals surface area contributed by atoms with Gasteiger partial charge in [-0.05, 0) is 52.2 Å². The molecule has 174 valence electrons. The molecule has 0 bridgehead atoms. The number of carboxylic acid groups (broad SMARTS) is 1. The summed E-state index contributed by atoms with van der Waals surface area (Å²) in [7, 11) is 0. The Hall–Kier alpha value is -3.10. The van der Waals surface area contributed by atoms with E-state index in [1.807, 2.05) is 6.08 Å². The Morgan fingerprint density at radius 1 is 1.22 bits per heavy atom. The second kappa shape index (κ2) is 10.0. The molecule has 1 N–H and O–H groups in total. The fraction of sp³-hybridized carbons (Fsp3) is 0.435. The second-order valence-corrected chi connectivity index (χ2v) is 7.69. The quantitative estimate of drug-likeness (QED) is 0.643. The number of halogens is 3. The van der Waals surface area contributed by atoms with Gasteiger partial charge in [0.2, 0.25) is 5.95 Å². The summed E-state index contributed by atoms with van der Waals surface area (Å²) in [5.41, 5.74) is 7.42. The summed E-state index contributed by atoms with van der Waals surface area (Å²) in [6.45, 7) is 17.3. The molecular formula is C23H29F3N4O2. The van der Waals surface area contributed by atoms with Crippen molar-refractivity contribution in [2.75, 3.05) is 29.4 Å². The molecule has 2 aromatic rings. The number of aromatic nitrogens is 2. The number of carboxylic acids is 1. The lowest BCUT2D eigenvalue weighted by molar-refractivity contribution is -0.192. The van der Waals surface area contributed by atoms with Crippen LogP contribution in [0.3, 0.4) is 0 Å². The molecule has 6 nitrogen and oxygen atoms in total. The lowest BCUT2D eigenvalue weighted by Crippen LogP contribution is -2.24. The zero-order valence-corrected chi connectivity index (χ0v) is 19.0. The lowest BCUT2D eigenvalue weighted by Gasteiger charge is -2.27. The van der Waals surface area contributed by atoms with E-state index in [4.69, 9.17) is 19.9 Å². The van der Waals surface area contributed by atoms with Gasteiger partial charge in [0.25, 0.3) is 0 Å². The van der Waals surface area contributed by atoms with Gasteiger partial charge in [-0.15, -0.1) is 6.58 Å². The van der Waals surface area contributed by atoms with Crippen LogP contribution in [0, 0.1) is 27.7 Å². The van der Waals surface area contributed by atoms with E-state index in [1.165, 1.54) is 27.9 Å². The molecule has 0 radical (unpaired) electrons. The molecule has 0 unspecified atom stereocenters. The molecule has 0 amide bonds. The van der Waals surface area contributed by atoms with Gasteiger partial charge >= 0.3 is 12.1 Å². The third-order valence-electron chi connectivity index (χ3n) is 5.17. The molecule has 1 aromatic heterocycles. The number of fused-ring (bicyclic) bond motifs is 1. The molecule has 0 saturated carbocycles. The highest BCUT2D eigenvalue weighted by Crippen LogP contribution is 2.34. The first-order valence-electron chi connectivity index (χ1n) is 10.3. The Kier molecular flexibility index (Phi) is 7.87. The standard InChI is InChI=1S/C21H28N4.C2HF3O2/c1-7-10-24-11-9-18-17(6)22-21(23-20(18)24)25(8-2)19-15(4)12-14(3)13-16(19)5;3-2(4,5)1(6)7/h7,12-13H,1,8-11H2,2-6H3;(H,6,7). The van der Waals surface area contributed by atoms with Crippen LogP contribution in [0.1, 0.15) is 34.9 Å². The number of hydrogen-bond donors (Lipinski definition) is 1. The number of aryl methyl sites for hydroxylation is 4. The molecule has 0 atom stereocenters. The van der Waals surface area contributed by atoms with Crippen molar-refractivity contribution in [3.63, 3.8) is 0 Å². The van der Waals surface area contributed by atoms with Crippen LogP contribution in [0.4, 0.5) is 30.6 Å². The number of alkyl halides is 3. The number of aliphatic carboxylic acids is 1. The van der Waals surface area contributed by atoms with Gasteiger partial charge in [0, 0.05) is 36.6 Å². The Morgan fingerprint density at radius 2 is 1.78 bits per heavy atom. The number of carbonyl (C=O) groups is 1. The third kappa shape index (κ3) is 5.57. The van der Waals surface area contributed by atoms with Crippen molar-refractivity contribution >= 4 is 23.4 Å². The third-order valence-corrected chi connectivity index (χ3v) is 5.17. The molecule has 0 fully saturated rings. The summed E-state index contributed by atoms with van der Waals surface area (Å²) in [6, 6.07) is 4.46. The first-order valence-corrected chi connectivity index (χ1v) is 10.3. The van der Waals surface area contributed by atoms with Crippen molar-refractivity contribution in [1.29, 1.82) is 0 Å². The second-order valence-electron chi connectivity index (χ2n) is 7.69. The van der Waals surface area contributed by atoms with Crippen LogP contribution in [0.25, 0.3) is 0 Å². The van der Waals surface area contributed by atoms with E-state index in [9.17, 15) is 13.2 Å². The topological polar surface area (TPSA) is 69.6 Å². The van der Waals surface area contributed by atoms with Crippen molar-refractivity contribution in [3.8, 4) is 0 Å². The molecule has 3 rings (SSSR count). The smallest absolute Gasteiger partial charge is 0.475 e. The van der Waals surface area contributed by atoms with Gasteiger partial charge in [-0.2, -0.15) is 18.2 Å². The van der Waals surface area contributed by atoms with Crippen LogP contribution in [-0.4, -0.2) is 46.9 Å². The highest BCUT2D eigenvalue weighted by Gasteiger charge is 2.38. The van der Waals surface area contributed by atoms with Gasteiger partial charge in [0.15, 0.2) is 0 Å². The summed E-state index contributed by atoms with van der Waals surface area (Å²) in [6.07, 6.45) is -2.12. The maximum atomic E-state index is 10.6. The van der Waals surface area contributed by atoms with Crippen LogP contribution in [-0.2, 0) is 11.2 Å². The maximum Gasteiger partial charge on any atom is 0.490 e. The Bertz CT molecular complexity index is 982. The van der Waals surface area contributed by atoms with E-state index in [1.54, 1.807) is 0 Å². The van der Waals surface area contributed by atoms with Crippen molar-refractivity contribution in [1.82, 2.24) is 9.97 Å². The summed E-state index contributed by atoms with van der Waals surface area (Å²) in [5, 5.41) is 7.12. The zero-order valence-electron chi connectivity index (χ0n) is 19.0. The minimum Gasteiger partial charge on any atom is -0.475 e. The first-order chi connectivity index (χ1) is 14.9. The summed E-state index contributed by atoms with van der Waals surface area (Å²) in [4.78, 5) is 23.2. The normalized spacial score (nSPS) is 12.7. The molecule has 32 heavy (non-hydrogen) atoms. The van der Waals surface area contributed by atoms with E-state index >= 15 is 0 Å². The average molecular weight is 451 g/mol. The minimum absolute atomic E-state index is 0.796. The van der Waals surface area contributed by atoms with Gasteiger partial charge < -0.3 is 14.9 Å². The van der Waals surface area contributed by atoms with Crippen molar-refractivity contribution < 1.29 is 23.1 Å². The Morgan fingerprint density at radius 3 is 2.25 bits per heavy atom. The van der Waals surface area contributed by atoms with Gasteiger partial charge in [0.05, 0.1) is 0 Å². The number of rotatable bonds is 5. The van der Waals surface area contributed by atoms with Gasteiger partial charge in [-0.1, -0.05) is 23.8 Å². The summed E-state index contributed by atoms with van der Waals surface area (Å²) in [5.74, 6) is -0.888. The number of hydrogen-bond acceptors (Lipinski definition) is 5. The summed E-state index contributed by atoms with van der Waals surface area (Å²) < 4.78 is 31.7. The molecule has 0 spiro atoms. The van der Waals surface area contributed by atoms with Crippen LogP contribution < -0.4 is 9.80 Å². The molecular weight excluding hydrogens is 421 g/mol. The number of anilines is 3. The molecule has 1 aliphatic rings. The Labute approximate surface area is 186 Å². The number of benzene rings is 1. The highest BCUT2D eigenvalue weighted by atomic mass is 19.4. The molecule has 0 saturated heterocycles. The van der Waals surface area contributed by atoms with Crippen LogP contribution >= 0.6 is 0 Å². The van der Waals surface area contributed by atoms with E-state index in [2.05, 4.69) is 63.1 Å². The lowest BCUT2D eigenvalue weighted by atomic mass is 10.0. The van der Waals surface area contributed by atoms with E-state index in [0.717, 1.165) is 43.5 Å². The average Bonchev–Trinajstić information content (AvgIpc) is 3.08. The van der Waals surface area contributed by atoms with Gasteiger partial charge in [0.1, 0.15) is 5.82 Å². The zero-order chi connectivity index (χ0) is 24.2. The first kappa shape index (κ1) is 25.2. The monoisotopic (exact) mass is 450 g/mol. The Balaban J connectivity index is 0.000000451. The van der Waals surface area contributed by atoms with Gasteiger partial charge in [-0.3, -0.25) is 0 Å². The van der Waals surface area contributed by atoms with Crippen LogP contribution in [0.5, 0.6) is 0 Å². The van der Waals surface area contributed by atoms with Crippen LogP contribution in [0.2, 0.25) is 0 Å². The van der Waals surface area contributed by atoms with Crippen LogP contribution in [0.15, 0.2) is 24.8 Å². The summed E-state index contributed by atoms with van der Waals surface area (Å²) >= 11 is 0. The molecule has 1 aromatic carbocycles. The van der Waals surface area contributed by atoms with E-state index in [0.29, 0.717) is 0 Å². The fourth-order valence-corrected chi connectivity index (χ4v) is 3.93. The molecule has 9 heteroatoms. The van der Waals surface area contributed by atoms with Crippen molar-refractivity contribution in [2.45, 2.75) is 47.2 Å². The largest absolute Gasteiger partial charge is 0.490 e. The van der Waals surface area contributed by atoms with Crippen molar-refractivity contribution in [3.05, 3.63) is 52.7 Å². The predicted octanol–water partition coefficient (Wildman–Crippen LogP) is 5.05. The highest BCUT2D eigenvalue weighted by molar-refractivity contribution is 5.73. The van der Waals surface area contributed by atoms with E-state index < -0.39 is 12.1 Å². The molecule has 0 aliphatic carbocycles. The minimum atomic E-state index is -5.08. The van der Waals surface area contributed by atoms with Gasteiger partial charge in [-0.25, -0.2) is 9.78 Å². The molecule has 1 aliphatic heterocycles. The SMILES string of the molecule is C=CCN1CCc2c(C)nc(N(CC)c3c(C)cc(C)cc3C)nc21.O=C(O)C(F)(F)F. The van der Waals surface area contributed by atoms with E-state index in [-0.39, 0.29) is 0 Å². The fourth-order valence-electron chi connectivity index (χ4n) is 3.93. The maximum absolute atomic E-state index is 10.6. The number of nitrogens with zero attached hydrogens (tertiary/aromatic N) is 4. The van der Waals surface area contributed by atoms with Crippen molar-refractivity contribution in [2.24, 2.45) is 0 Å². The predicted molar refractivity (Wildman–Crippen MR) is 120 cm³/mol. The molecule has 2 heterocycles.